The zero-order valence-corrected chi connectivity index (χ0v) is 50.2. The maximum absolute atomic E-state index is 5.94. The van der Waals surface area contributed by atoms with Crippen LogP contribution in [-0.4, -0.2) is 19.9 Å². The predicted octanol–water partition coefficient (Wildman–Crippen LogP) is 20.8. The number of aryl methyl sites for hydroxylation is 4. The number of aromatic nitrogens is 4. The van der Waals surface area contributed by atoms with Crippen molar-refractivity contribution in [1.29, 1.82) is 0 Å². The number of aromatic amines is 2. The van der Waals surface area contributed by atoms with Gasteiger partial charge in [0.2, 0.25) is 0 Å². The molecule has 4 aliphatic carbocycles. The lowest BCUT2D eigenvalue weighted by Gasteiger charge is -2.30. The lowest BCUT2D eigenvalue weighted by atomic mass is 9.70. The summed E-state index contributed by atoms with van der Waals surface area (Å²) >= 11 is 0. The van der Waals surface area contributed by atoms with Gasteiger partial charge in [0, 0.05) is 22.2 Å². The van der Waals surface area contributed by atoms with Gasteiger partial charge in [-0.25, -0.2) is 9.97 Å². The first-order chi connectivity index (χ1) is 42.1. The fourth-order valence-corrected chi connectivity index (χ4v) is 17.4. The summed E-state index contributed by atoms with van der Waals surface area (Å²) in [5.41, 5.74) is 43.2. The second-order valence-corrected chi connectivity index (χ2v) is 24.7. The molecule has 8 bridgehead atoms. The van der Waals surface area contributed by atoms with Crippen LogP contribution in [0.3, 0.4) is 0 Å². The number of benzene rings is 8. The molecule has 0 atom stereocenters. The van der Waals surface area contributed by atoms with Crippen molar-refractivity contribution in [3.63, 3.8) is 0 Å². The van der Waals surface area contributed by atoms with Crippen molar-refractivity contribution in [1.82, 2.24) is 19.9 Å². The Labute approximate surface area is 503 Å². The minimum Gasteiger partial charge on any atom is -0.354 e. The van der Waals surface area contributed by atoms with E-state index in [-0.39, 0.29) is 0 Å². The minimum absolute atomic E-state index is 0.487. The molecular formula is C82H66N4. The normalized spacial score (nSPS) is 14.8. The number of nitrogens with zero attached hydrogens (tertiary/aromatic N) is 2. The van der Waals surface area contributed by atoms with Crippen LogP contribution in [0.25, 0.3) is 111 Å². The highest BCUT2D eigenvalue weighted by atomic mass is 14.8. The van der Waals surface area contributed by atoms with E-state index in [1.54, 1.807) is 0 Å². The second-order valence-electron chi connectivity index (χ2n) is 24.7. The molecule has 86 heavy (non-hydrogen) atoms. The third kappa shape index (κ3) is 6.38. The molecule has 2 spiro atoms. The monoisotopic (exact) mass is 1110 g/mol. The first kappa shape index (κ1) is 50.8. The van der Waals surface area contributed by atoms with E-state index in [2.05, 4.69) is 259 Å². The average molecular weight is 1110 g/mol. The van der Waals surface area contributed by atoms with Crippen LogP contribution in [0.2, 0.25) is 0 Å². The standard InChI is InChI=1S/C82H66N4/c1-9-51-45(5)77-75(49-37-39-61-59-29-17-23-35-67(59)81(69(61)41-49)63-31-19-13-25-55(63)56-26-14-20-32-64(56)81)78-47(7)53(11-3)73(85-78)44-74-54(12-4)48(8)80(86-74)76(79-46(6)52(10-2)72(84-79)43-71(51)83-77)50-38-40-62-60-30-18-24-36-68(60)82(70(62)42-50)65-33-21-15-27-57(65)58-28-16-22-34-66(58)82/h13-44,83,86H,9-12H2,1-8H3. The summed E-state index contributed by atoms with van der Waals surface area (Å²) in [5.74, 6) is 0. The molecular weight excluding hydrogens is 1040 g/mol. The van der Waals surface area contributed by atoms with Gasteiger partial charge in [-0.3, -0.25) is 0 Å². The summed E-state index contributed by atoms with van der Waals surface area (Å²) in [5, 5.41) is 0. The maximum atomic E-state index is 5.94. The van der Waals surface area contributed by atoms with Crippen molar-refractivity contribution in [3.05, 3.63) is 284 Å². The van der Waals surface area contributed by atoms with Gasteiger partial charge >= 0.3 is 0 Å². The highest BCUT2D eigenvalue weighted by molar-refractivity contribution is 6.06. The number of nitrogens with one attached hydrogen (secondary N) is 2. The van der Waals surface area contributed by atoms with E-state index in [1.165, 1.54) is 134 Å². The van der Waals surface area contributed by atoms with Gasteiger partial charge in [0.05, 0.1) is 44.6 Å². The average Bonchev–Trinajstić information content (AvgIpc) is 1.54. The molecule has 4 nitrogen and oxygen atoms in total. The molecule has 414 valence electrons. The summed E-state index contributed by atoms with van der Waals surface area (Å²) in [4.78, 5) is 20.3. The zero-order chi connectivity index (χ0) is 58.1. The van der Waals surface area contributed by atoms with Crippen LogP contribution < -0.4 is 0 Å². The molecule has 11 aromatic rings. The molecule has 2 N–H and O–H groups in total. The van der Waals surface area contributed by atoms with E-state index in [9.17, 15) is 0 Å². The third-order valence-corrected chi connectivity index (χ3v) is 21.0. The van der Waals surface area contributed by atoms with Crippen LogP contribution >= 0.6 is 0 Å². The first-order valence-corrected chi connectivity index (χ1v) is 31.2. The Hall–Kier alpha value is -9.64. The van der Waals surface area contributed by atoms with Gasteiger partial charge in [-0.05, 0) is 222 Å². The largest absolute Gasteiger partial charge is 0.354 e. The van der Waals surface area contributed by atoms with E-state index in [0.717, 1.165) is 92.8 Å². The summed E-state index contributed by atoms with van der Waals surface area (Å²) in [6.45, 7) is 18.5. The summed E-state index contributed by atoms with van der Waals surface area (Å²) < 4.78 is 0. The van der Waals surface area contributed by atoms with Gasteiger partial charge in [0.1, 0.15) is 0 Å². The van der Waals surface area contributed by atoms with E-state index >= 15 is 0 Å². The van der Waals surface area contributed by atoms with E-state index in [4.69, 9.17) is 9.97 Å². The van der Waals surface area contributed by atoms with E-state index in [0.29, 0.717) is 0 Å². The van der Waals surface area contributed by atoms with Crippen LogP contribution in [-0.2, 0) is 23.7 Å². The molecule has 8 aromatic carbocycles. The minimum atomic E-state index is -0.487. The number of hydrogen-bond acceptors (Lipinski definition) is 2. The predicted molar refractivity (Wildman–Crippen MR) is 358 cm³/mol. The molecule has 2 aliphatic heterocycles. The van der Waals surface area contributed by atoms with Crippen LogP contribution in [0.4, 0.5) is 0 Å². The quantitative estimate of drug-likeness (QED) is 0.174. The molecule has 0 saturated carbocycles. The van der Waals surface area contributed by atoms with Crippen LogP contribution in [0.1, 0.15) is 144 Å². The molecule has 17 rings (SSSR count). The smallest absolute Gasteiger partial charge is 0.0769 e. The Bertz CT molecular complexity index is 4660. The van der Waals surface area contributed by atoms with Crippen LogP contribution in [0, 0.1) is 13.8 Å². The van der Waals surface area contributed by atoms with E-state index in [1.807, 2.05) is 0 Å². The number of H-pyrrole nitrogens is 2. The van der Waals surface area contributed by atoms with Gasteiger partial charge in [0.15, 0.2) is 0 Å². The van der Waals surface area contributed by atoms with Crippen molar-refractivity contribution in [2.75, 3.05) is 0 Å². The number of allylic oxidation sites excluding steroid dienone is 4. The maximum Gasteiger partial charge on any atom is 0.0769 e. The van der Waals surface area contributed by atoms with Gasteiger partial charge in [-0.15, -0.1) is 0 Å². The molecule has 0 amide bonds. The van der Waals surface area contributed by atoms with E-state index < -0.39 is 10.8 Å². The van der Waals surface area contributed by atoms with Crippen LogP contribution in [0.5, 0.6) is 0 Å². The Balaban J connectivity index is 0.971. The Morgan fingerprint density at radius 1 is 0.326 bits per heavy atom. The first-order valence-electron chi connectivity index (χ1n) is 31.2. The molecule has 4 heteroatoms. The van der Waals surface area contributed by atoms with Gasteiger partial charge in [0.25, 0.3) is 0 Å². The fraction of sp³-hybridized carbons (Fsp3) is 0.171. The number of hydrogen-bond donors (Lipinski definition) is 2. The molecule has 0 saturated heterocycles. The fourth-order valence-electron chi connectivity index (χ4n) is 17.4. The Kier molecular flexibility index (Phi) is 10.9. The molecule has 0 radical (unpaired) electrons. The second kappa shape index (κ2) is 18.4. The highest BCUT2D eigenvalue weighted by Crippen LogP contribution is 2.65. The number of rotatable bonds is 6. The lowest BCUT2D eigenvalue weighted by molar-refractivity contribution is 0.794. The topological polar surface area (TPSA) is 57.4 Å². The van der Waals surface area contributed by atoms with Crippen molar-refractivity contribution in [2.45, 2.75) is 91.9 Å². The summed E-state index contributed by atoms with van der Waals surface area (Å²) in [6.07, 6.45) is 3.38. The summed E-state index contributed by atoms with van der Waals surface area (Å²) in [7, 11) is 0. The molecule has 5 heterocycles. The molecule has 0 unspecified atom stereocenters. The van der Waals surface area contributed by atoms with Gasteiger partial charge < -0.3 is 9.97 Å². The lowest BCUT2D eigenvalue weighted by Crippen LogP contribution is -2.25. The van der Waals surface area contributed by atoms with Crippen molar-refractivity contribution >= 4 is 44.4 Å². The van der Waals surface area contributed by atoms with Crippen molar-refractivity contribution in [3.8, 4) is 66.8 Å². The molecule has 6 aliphatic rings. The molecule has 3 aromatic heterocycles. The SMILES string of the molecule is CCC1=C(C)c2nc1cc1[nH]c(c(C)c1CC)c(-c1ccc3c(c1)C1(c4ccccc4-c4ccccc41)c1ccccc1-3)c1nc(cc3[nH]c(c(C)c3CC)c2-c2ccc3c(c2)C2(c4ccccc4-c4ccccc42)c2ccccc2-3)C(CC)=C1C. The Morgan fingerprint density at radius 2 is 0.616 bits per heavy atom. The van der Waals surface area contributed by atoms with Crippen molar-refractivity contribution < 1.29 is 0 Å². The molecule has 0 fully saturated rings. The Morgan fingerprint density at radius 3 is 0.907 bits per heavy atom. The summed E-state index contributed by atoms with van der Waals surface area (Å²) in [6, 6.07) is 74.2. The third-order valence-electron chi connectivity index (χ3n) is 21.0. The van der Waals surface area contributed by atoms with Gasteiger partial charge in [-0.2, -0.15) is 0 Å². The van der Waals surface area contributed by atoms with Gasteiger partial charge in [-0.1, -0.05) is 198 Å². The van der Waals surface area contributed by atoms with Crippen LogP contribution in [0.15, 0.2) is 194 Å². The number of fused-ring (bicyclic) bond motifs is 28. The van der Waals surface area contributed by atoms with Crippen molar-refractivity contribution in [2.24, 2.45) is 0 Å². The highest BCUT2D eigenvalue weighted by Gasteiger charge is 2.53. The zero-order valence-electron chi connectivity index (χ0n) is 50.2.